The van der Waals surface area contributed by atoms with Crippen LogP contribution in [0.5, 0.6) is 0 Å². The minimum Gasteiger partial charge on any atom is -0.316 e. The average molecular weight is 257 g/mol. The first-order chi connectivity index (χ1) is 8.55. The molecular formula is C13H21F2N3. The number of rotatable bonds is 5. The summed E-state index contributed by atoms with van der Waals surface area (Å²) < 4.78 is 28.2. The van der Waals surface area contributed by atoms with E-state index in [0.29, 0.717) is 13.0 Å². The van der Waals surface area contributed by atoms with Crippen LogP contribution >= 0.6 is 0 Å². The van der Waals surface area contributed by atoms with E-state index in [1.54, 1.807) is 4.68 Å². The fourth-order valence-corrected chi connectivity index (χ4v) is 2.57. The molecule has 1 aliphatic carbocycles. The first-order valence-corrected chi connectivity index (χ1v) is 6.62. The zero-order valence-electron chi connectivity index (χ0n) is 10.8. The summed E-state index contributed by atoms with van der Waals surface area (Å²) in [5, 5.41) is 7.54. The molecule has 0 amide bonds. The molecular weight excluding hydrogens is 236 g/mol. The van der Waals surface area contributed by atoms with Gasteiger partial charge >= 0.3 is 0 Å². The van der Waals surface area contributed by atoms with E-state index in [1.165, 1.54) is 0 Å². The lowest BCUT2D eigenvalue weighted by Gasteiger charge is -2.28. The zero-order valence-corrected chi connectivity index (χ0v) is 10.8. The summed E-state index contributed by atoms with van der Waals surface area (Å²) in [6.07, 6.45) is 4.45. The van der Waals surface area contributed by atoms with Gasteiger partial charge in [0.2, 0.25) is 5.92 Å². The largest absolute Gasteiger partial charge is 0.316 e. The van der Waals surface area contributed by atoms with Crippen LogP contribution in [0.4, 0.5) is 8.78 Å². The van der Waals surface area contributed by atoms with Gasteiger partial charge in [0.05, 0.1) is 5.69 Å². The summed E-state index contributed by atoms with van der Waals surface area (Å²) in [4.78, 5) is 0. The third kappa shape index (κ3) is 4.05. The van der Waals surface area contributed by atoms with Crippen molar-refractivity contribution >= 4 is 0 Å². The SMILES string of the molecule is Cn1ccc(CCNCC2CCCC(F)(F)C2)n1. The number of aryl methyl sites for hydroxylation is 1. The van der Waals surface area contributed by atoms with Crippen molar-refractivity contribution in [1.29, 1.82) is 0 Å². The quantitative estimate of drug-likeness (QED) is 0.821. The maximum absolute atomic E-state index is 13.2. The molecule has 1 aromatic rings. The molecule has 1 N–H and O–H groups in total. The molecule has 1 heterocycles. The number of halogens is 2. The van der Waals surface area contributed by atoms with Gasteiger partial charge in [-0.15, -0.1) is 0 Å². The highest BCUT2D eigenvalue weighted by molar-refractivity contribution is 4.98. The lowest BCUT2D eigenvalue weighted by molar-refractivity contribution is -0.0519. The number of nitrogens with zero attached hydrogens (tertiary/aromatic N) is 2. The summed E-state index contributed by atoms with van der Waals surface area (Å²) in [6.45, 7) is 1.50. The Morgan fingerprint density at radius 3 is 3.06 bits per heavy atom. The summed E-state index contributed by atoms with van der Waals surface area (Å²) in [5.41, 5.74) is 1.04. The van der Waals surface area contributed by atoms with Gasteiger partial charge in [0.15, 0.2) is 0 Å². The van der Waals surface area contributed by atoms with E-state index in [4.69, 9.17) is 0 Å². The van der Waals surface area contributed by atoms with Gasteiger partial charge in [-0.2, -0.15) is 5.10 Å². The van der Waals surface area contributed by atoms with Gasteiger partial charge in [0.1, 0.15) is 0 Å². The number of nitrogens with one attached hydrogen (secondary N) is 1. The molecule has 1 aliphatic rings. The molecule has 102 valence electrons. The lowest BCUT2D eigenvalue weighted by Crippen LogP contribution is -2.33. The van der Waals surface area contributed by atoms with Gasteiger partial charge < -0.3 is 5.32 Å². The molecule has 0 bridgehead atoms. The van der Waals surface area contributed by atoms with Crippen LogP contribution in [0, 0.1) is 5.92 Å². The minimum absolute atomic E-state index is 0.0452. The normalized spacial score (nSPS) is 23.2. The van der Waals surface area contributed by atoms with E-state index in [1.807, 2.05) is 19.3 Å². The average Bonchev–Trinajstić information content (AvgIpc) is 2.69. The van der Waals surface area contributed by atoms with Crippen molar-refractivity contribution in [3.63, 3.8) is 0 Å². The van der Waals surface area contributed by atoms with Crippen LogP contribution in [0.25, 0.3) is 0 Å². The zero-order chi connectivity index (χ0) is 13.0. The predicted molar refractivity (Wildman–Crippen MR) is 66.7 cm³/mol. The van der Waals surface area contributed by atoms with Gasteiger partial charge in [0, 0.05) is 39.1 Å². The third-order valence-electron chi connectivity index (χ3n) is 3.50. The Balaban J connectivity index is 1.63. The molecule has 1 saturated carbocycles. The summed E-state index contributed by atoms with van der Waals surface area (Å²) >= 11 is 0. The highest BCUT2D eigenvalue weighted by Gasteiger charge is 2.35. The van der Waals surface area contributed by atoms with Crippen LogP contribution in [-0.2, 0) is 13.5 Å². The van der Waals surface area contributed by atoms with Crippen molar-refractivity contribution in [2.24, 2.45) is 13.0 Å². The Hall–Kier alpha value is -0.970. The summed E-state index contributed by atoms with van der Waals surface area (Å²) in [6, 6.07) is 1.98. The maximum Gasteiger partial charge on any atom is 0.248 e. The van der Waals surface area contributed by atoms with E-state index in [9.17, 15) is 8.78 Å². The Labute approximate surface area is 107 Å². The fraction of sp³-hybridized carbons (Fsp3) is 0.769. The Kier molecular flexibility index (Phi) is 4.32. The lowest BCUT2D eigenvalue weighted by atomic mass is 9.86. The number of aromatic nitrogens is 2. The van der Waals surface area contributed by atoms with Crippen LogP contribution < -0.4 is 5.32 Å². The van der Waals surface area contributed by atoms with Crippen LogP contribution in [0.2, 0.25) is 0 Å². The van der Waals surface area contributed by atoms with Crippen molar-refractivity contribution in [3.8, 4) is 0 Å². The first-order valence-electron chi connectivity index (χ1n) is 6.62. The molecule has 1 unspecified atom stereocenters. The van der Waals surface area contributed by atoms with Crippen LogP contribution in [0.15, 0.2) is 12.3 Å². The van der Waals surface area contributed by atoms with Crippen molar-refractivity contribution in [1.82, 2.24) is 15.1 Å². The molecule has 2 rings (SSSR count). The van der Waals surface area contributed by atoms with Gasteiger partial charge in [-0.25, -0.2) is 8.78 Å². The predicted octanol–water partition coefficient (Wildman–Crippen LogP) is 2.38. The molecule has 3 nitrogen and oxygen atoms in total. The van der Waals surface area contributed by atoms with E-state index in [2.05, 4.69) is 10.4 Å². The Bertz CT molecular complexity index is 376. The Morgan fingerprint density at radius 2 is 2.39 bits per heavy atom. The minimum atomic E-state index is -2.44. The molecule has 0 radical (unpaired) electrons. The smallest absolute Gasteiger partial charge is 0.248 e. The van der Waals surface area contributed by atoms with Gasteiger partial charge in [-0.1, -0.05) is 0 Å². The second-order valence-corrected chi connectivity index (χ2v) is 5.25. The van der Waals surface area contributed by atoms with Crippen molar-refractivity contribution < 1.29 is 8.78 Å². The monoisotopic (exact) mass is 257 g/mol. The molecule has 5 heteroatoms. The van der Waals surface area contributed by atoms with Gasteiger partial charge in [-0.05, 0) is 31.4 Å². The van der Waals surface area contributed by atoms with Crippen molar-refractivity contribution in [3.05, 3.63) is 18.0 Å². The van der Waals surface area contributed by atoms with Crippen LogP contribution in [0.3, 0.4) is 0 Å². The molecule has 1 fully saturated rings. The second kappa shape index (κ2) is 5.78. The van der Waals surface area contributed by atoms with E-state index in [-0.39, 0.29) is 18.8 Å². The highest BCUT2D eigenvalue weighted by Crippen LogP contribution is 2.36. The van der Waals surface area contributed by atoms with E-state index < -0.39 is 5.92 Å². The van der Waals surface area contributed by atoms with Crippen LogP contribution in [-0.4, -0.2) is 28.8 Å². The Morgan fingerprint density at radius 1 is 1.56 bits per heavy atom. The molecule has 1 atom stereocenters. The van der Waals surface area contributed by atoms with Gasteiger partial charge in [-0.3, -0.25) is 4.68 Å². The number of alkyl halides is 2. The van der Waals surface area contributed by atoms with E-state index in [0.717, 1.165) is 25.1 Å². The molecule has 0 aliphatic heterocycles. The second-order valence-electron chi connectivity index (χ2n) is 5.25. The number of hydrogen-bond acceptors (Lipinski definition) is 2. The van der Waals surface area contributed by atoms with Crippen molar-refractivity contribution in [2.45, 2.75) is 38.0 Å². The van der Waals surface area contributed by atoms with Gasteiger partial charge in [0.25, 0.3) is 0 Å². The van der Waals surface area contributed by atoms with E-state index >= 15 is 0 Å². The third-order valence-corrected chi connectivity index (χ3v) is 3.50. The molecule has 0 aromatic carbocycles. The number of hydrogen-bond donors (Lipinski definition) is 1. The maximum atomic E-state index is 13.2. The summed E-state index contributed by atoms with van der Waals surface area (Å²) in [5.74, 6) is -2.32. The highest BCUT2D eigenvalue weighted by atomic mass is 19.3. The van der Waals surface area contributed by atoms with Crippen LogP contribution in [0.1, 0.15) is 31.4 Å². The standard InChI is InChI=1S/C13H21F2N3/c1-18-8-5-12(17-18)4-7-16-10-11-3-2-6-13(14,15)9-11/h5,8,11,16H,2-4,6-7,9-10H2,1H3. The molecule has 0 saturated heterocycles. The molecule has 1 aromatic heterocycles. The molecule has 0 spiro atoms. The fourth-order valence-electron chi connectivity index (χ4n) is 2.57. The van der Waals surface area contributed by atoms with Crippen molar-refractivity contribution in [2.75, 3.05) is 13.1 Å². The molecule has 18 heavy (non-hydrogen) atoms. The summed E-state index contributed by atoms with van der Waals surface area (Å²) in [7, 11) is 1.89. The topological polar surface area (TPSA) is 29.9 Å². The first kappa shape index (κ1) is 13.5.